The molecular formula is C10H9N3O. The van der Waals surface area contributed by atoms with Crippen LogP contribution in [0.3, 0.4) is 0 Å². The van der Waals surface area contributed by atoms with Gasteiger partial charge in [0, 0.05) is 35.4 Å². The van der Waals surface area contributed by atoms with Crippen molar-refractivity contribution < 1.29 is 4.79 Å². The first-order valence-corrected chi connectivity index (χ1v) is 4.16. The number of aliphatic imine (C=N–C) groups is 1. The van der Waals surface area contributed by atoms with Gasteiger partial charge in [0.1, 0.15) is 0 Å². The molecule has 0 aromatic heterocycles. The van der Waals surface area contributed by atoms with E-state index in [0.29, 0.717) is 5.56 Å². The number of primary amides is 1. The van der Waals surface area contributed by atoms with Crippen molar-refractivity contribution in [1.82, 2.24) is 0 Å². The lowest BCUT2D eigenvalue weighted by atomic mass is 10.1. The number of anilines is 1. The second-order valence-electron chi connectivity index (χ2n) is 2.90. The molecular weight excluding hydrogens is 178 g/mol. The lowest BCUT2D eigenvalue weighted by molar-refractivity contribution is 0.100. The molecule has 70 valence electrons. The first-order valence-electron chi connectivity index (χ1n) is 4.16. The Bertz CT molecular complexity index is 435. The van der Waals surface area contributed by atoms with Gasteiger partial charge in [0.25, 0.3) is 0 Å². The number of nitrogens with zero attached hydrogens (tertiary/aromatic N) is 1. The van der Waals surface area contributed by atoms with E-state index >= 15 is 0 Å². The van der Waals surface area contributed by atoms with E-state index in [2.05, 4.69) is 10.3 Å². The largest absolute Gasteiger partial charge is 0.366 e. The summed E-state index contributed by atoms with van der Waals surface area (Å²) in [5.41, 5.74) is 7.42. The predicted molar refractivity (Wildman–Crippen MR) is 55.3 cm³/mol. The molecule has 0 saturated heterocycles. The molecule has 4 nitrogen and oxygen atoms in total. The first-order chi connectivity index (χ1) is 6.77. The minimum atomic E-state index is -0.431. The number of carbonyl (C=O) groups excluding carboxylic acids is 1. The summed E-state index contributed by atoms with van der Waals surface area (Å²) in [6.45, 7) is 0. The van der Waals surface area contributed by atoms with E-state index in [9.17, 15) is 4.79 Å². The van der Waals surface area contributed by atoms with Crippen LogP contribution in [0, 0.1) is 0 Å². The van der Waals surface area contributed by atoms with Crippen molar-refractivity contribution in [1.29, 1.82) is 0 Å². The molecule has 0 saturated carbocycles. The Morgan fingerprint density at radius 1 is 1.43 bits per heavy atom. The van der Waals surface area contributed by atoms with Gasteiger partial charge in [0.2, 0.25) is 5.91 Å². The van der Waals surface area contributed by atoms with Crippen LogP contribution in [-0.4, -0.2) is 12.1 Å². The van der Waals surface area contributed by atoms with Crippen LogP contribution < -0.4 is 11.1 Å². The SMILES string of the molecule is NC(=O)c1ccc2c(c1)NC=CN=C2. The van der Waals surface area contributed by atoms with Gasteiger partial charge < -0.3 is 11.1 Å². The van der Waals surface area contributed by atoms with E-state index in [1.807, 2.05) is 0 Å². The third-order valence-electron chi connectivity index (χ3n) is 1.95. The van der Waals surface area contributed by atoms with E-state index in [1.54, 1.807) is 36.8 Å². The molecule has 0 radical (unpaired) electrons. The van der Waals surface area contributed by atoms with Crippen molar-refractivity contribution in [2.24, 2.45) is 10.7 Å². The molecule has 3 N–H and O–H groups in total. The number of nitrogens with two attached hydrogens (primary N) is 1. The summed E-state index contributed by atoms with van der Waals surface area (Å²) in [4.78, 5) is 14.9. The Labute approximate surface area is 81.1 Å². The van der Waals surface area contributed by atoms with E-state index in [0.717, 1.165) is 11.3 Å². The number of benzene rings is 1. The molecule has 14 heavy (non-hydrogen) atoms. The van der Waals surface area contributed by atoms with Crippen LogP contribution >= 0.6 is 0 Å². The Hall–Kier alpha value is -2.10. The zero-order valence-corrected chi connectivity index (χ0v) is 7.40. The van der Waals surface area contributed by atoms with E-state index in [4.69, 9.17) is 5.73 Å². The molecule has 4 heteroatoms. The second-order valence-corrected chi connectivity index (χ2v) is 2.90. The lowest BCUT2D eigenvalue weighted by Crippen LogP contribution is -2.11. The molecule has 0 atom stereocenters. The second kappa shape index (κ2) is 3.33. The molecule has 2 rings (SSSR count). The van der Waals surface area contributed by atoms with Crippen molar-refractivity contribution in [2.75, 3.05) is 5.32 Å². The summed E-state index contributed by atoms with van der Waals surface area (Å²) < 4.78 is 0. The smallest absolute Gasteiger partial charge is 0.248 e. The van der Waals surface area contributed by atoms with Gasteiger partial charge in [-0.2, -0.15) is 0 Å². The molecule has 1 aromatic rings. The Morgan fingerprint density at radius 2 is 2.29 bits per heavy atom. The van der Waals surface area contributed by atoms with Gasteiger partial charge in [-0.1, -0.05) is 6.07 Å². The van der Waals surface area contributed by atoms with Gasteiger partial charge in [0.15, 0.2) is 0 Å². The van der Waals surface area contributed by atoms with Crippen LogP contribution in [0.1, 0.15) is 15.9 Å². The van der Waals surface area contributed by atoms with Crippen LogP contribution in [0.15, 0.2) is 35.6 Å². The molecule has 1 aliphatic rings. The van der Waals surface area contributed by atoms with Crippen molar-refractivity contribution in [3.63, 3.8) is 0 Å². The Balaban J connectivity index is 2.49. The van der Waals surface area contributed by atoms with Crippen molar-refractivity contribution in [2.45, 2.75) is 0 Å². The highest BCUT2D eigenvalue weighted by atomic mass is 16.1. The molecule has 0 aliphatic carbocycles. The average Bonchev–Trinajstić information content (AvgIpc) is 2.41. The molecule has 0 bridgehead atoms. The summed E-state index contributed by atoms with van der Waals surface area (Å²) in [6.07, 6.45) is 5.06. The number of carbonyl (C=O) groups is 1. The number of amides is 1. The maximum atomic E-state index is 10.9. The lowest BCUT2D eigenvalue weighted by Gasteiger charge is -2.05. The molecule has 1 heterocycles. The van der Waals surface area contributed by atoms with Gasteiger partial charge >= 0.3 is 0 Å². The summed E-state index contributed by atoms with van der Waals surface area (Å²) in [6, 6.07) is 5.19. The molecule has 1 aliphatic heterocycles. The van der Waals surface area contributed by atoms with Crippen LogP contribution in [-0.2, 0) is 0 Å². The molecule has 1 amide bonds. The number of rotatable bonds is 1. The fraction of sp³-hybridized carbons (Fsp3) is 0. The third-order valence-corrected chi connectivity index (χ3v) is 1.95. The maximum absolute atomic E-state index is 10.9. The normalized spacial score (nSPS) is 12.9. The van der Waals surface area contributed by atoms with Crippen LogP contribution in [0.4, 0.5) is 5.69 Å². The van der Waals surface area contributed by atoms with Crippen LogP contribution in [0.2, 0.25) is 0 Å². The standard InChI is InChI=1S/C10H9N3O/c11-10(14)7-1-2-8-6-12-3-4-13-9(8)5-7/h1-6,13H,(H2,11,14). The minimum absolute atomic E-state index is 0.431. The zero-order chi connectivity index (χ0) is 9.97. The number of nitrogens with one attached hydrogen (secondary N) is 1. The minimum Gasteiger partial charge on any atom is -0.366 e. The molecule has 1 aromatic carbocycles. The fourth-order valence-corrected chi connectivity index (χ4v) is 1.24. The quantitative estimate of drug-likeness (QED) is 0.691. The maximum Gasteiger partial charge on any atom is 0.248 e. The number of fused-ring (bicyclic) bond motifs is 1. The highest BCUT2D eigenvalue weighted by molar-refractivity contribution is 5.97. The highest BCUT2D eigenvalue weighted by Gasteiger charge is 2.05. The third kappa shape index (κ3) is 1.50. The molecule has 0 fully saturated rings. The van der Waals surface area contributed by atoms with Crippen LogP contribution in [0.25, 0.3) is 0 Å². The highest BCUT2D eigenvalue weighted by Crippen LogP contribution is 2.17. The topological polar surface area (TPSA) is 67.5 Å². The van der Waals surface area contributed by atoms with E-state index < -0.39 is 5.91 Å². The van der Waals surface area contributed by atoms with E-state index in [-0.39, 0.29) is 0 Å². The van der Waals surface area contributed by atoms with Crippen molar-refractivity contribution in [3.8, 4) is 0 Å². The summed E-state index contributed by atoms with van der Waals surface area (Å²) in [7, 11) is 0. The van der Waals surface area contributed by atoms with Crippen molar-refractivity contribution >= 4 is 17.8 Å². The van der Waals surface area contributed by atoms with Gasteiger partial charge in [-0.3, -0.25) is 9.79 Å². The monoisotopic (exact) mass is 187 g/mol. The van der Waals surface area contributed by atoms with Gasteiger partial charge in [0.05, 0.1) is 0 Å². The Kier molecular flexibility index (Phi) is 2.02. The fourth-order valence-electron chi connectivity index (χ4n) is 1.24. The molecule has 0 spiro atoms. The van der Waals surface area contributed by atoms with Crippen LogP contribution in [0.5, 0.6) is 0 Å². The predicted octanol–water partition coefficient (Wildman–Crippen LogP) is 1.10. The van der Waals surface area contributed by atoms with Gasteiger partial charge in [-0.15, -0.1) is 0 Å². The molecule has 0 unspecified atom stereocenters. The number of hydrogen-bond donors (Lipinski definition) is 2. The zero-order valence-electron chi connectivity index (χ0n) is 7.40. The van der Waals surface area contributed by atoms with E-state index in [1.165, 1.54) is 0 Å². The van der Waals surface area contributed by atoms with Crippen molar-refractivity contribution in [3.05, 3.63) is 41.7 Å². The Morgan fingerprint density at radius 3 is 3.07 bits per heavy atom. The van der Waals surface area contributed by atoms with Gasteiger partial charge in [-0.05, 0) is 12.1 Å². The summed E-state index contributed by atoms with van der Waals surface area (Å²) in [5, 5.41) is 3.01. The average molecular weight is 187 g/mol. The number of hydrogen-bond acceptors (Lipinski definition) is 3. The summed E-state index contributed by atoms with van der Waals surface area (Å²) in [5.74, 6) is -0.431. The summed E-state index contributed by atoms with van der Waals surface area (Å²) >= 11 is 0. The first kappa shape index (κ1) is 8.50. The van der Waals surface area contributed by atoms with Gasteiger partial charge in [-0.25, -0.2) is 0 Å².